The third-order valence-corrected chi connectivity index (χ3v) is 3.55. The van der Waals surface area contributed by atoms with E-state index in [1.165, 1.54) is 0 Å². The summed E-state index contributed by atoms with van der Waals surface area (Å²) in [5.41, 5.74) is 0.941. The van der Waals surface area contributed by atoms with Gasteiger partial charge in [-0.25, -0.2) is 4.98 Å². The van der Waals surface area contributed by atoms with Crippen molar-refractivity contribution in [1.82, 2.24) is 10.3 Å². The molecule has 5 nitrogen and oxygen atoms in total. The Morgan fingerprint density at radius 3 is 3.05 bits per heavy atom. The van der Waals surface area contributed by atoms with Crippen LogP contribution in [0.25, 0.3) is 10.2 Å². The molecule has 0 saturated heterocycles. The first-order chi connectivity index (χ1) is 9.22. The molecule has 2 N–H and O–H groups in total. The van der Waals surface area contributed by atoms with E-state index in [1.807, 2.05) is 25.1 Å². The van der Waals surface area contributed by atoms with Crippen LogP contribution in [0.5, 0.6) is 5.75 Å². The van der Waals surface area contributed by atoms with E-state index >= 15 is 0 Å². The normalized spacial score (nSPS) is 10.4. The Hall–Kier alpha value is -1.82. The molecule has 1 heterocycles. The predicted molar refractivity (Wildman–Crippen MR) is 78.0 cm³/mol. The van der Waals surface area contributed by atoms with Crippen LogP contribution in [0.2, 0.25) is 0 Å². The first kappa shape index (κ1) is 13.6. The third kappa shape index (κ3) is 3.57. The summed E-state index contributed by atoms with van der Waals surface area (Å²) in [5.74, 6) is 0.878. The van der Waals surface area contributed by atoms with Crippen LogP contribution < -0.4 is 15.4 Å². The molecular weight excluding hydrogens is 262 g/mol. The Kier molecular flexibility index (Phi) is 4.57. The molecule has 0 unspecified atom stereocenters. The molecule has 102 valence electrons. The summed E-state index contributed by atoms with van der Waals surface area (Å²) in [5, 5.41) is 6.57. The topological polar surface area (TPSA) is 63.2 Å². The van der Waals surface area contributed by atoms with Crippen LogP contribution in [-0.4, -0.2) is 31.1 Å². The van der Waals surface area contributed by atoms with Crippen LogP contribution in [0.15, 0.2) is 18.2 Å². The molecule has 0 aliphatic heterocycles. The van der Waals surface area contributed by atoms with Gasteiger partial charge in [0.15, 0.2) is 5.13 Å². The van der Waals surface area contributed by atoms with Gasteiger partial charge in [0.25, 0.3) is 0 Å². The highest BCUT2D eigenvalue weighted by Gasteiger charge is 2.05. The van der Waals surface area contributed by atoms with Crippen molar-refractivity contribution in [2.45, 2.75) is 13.3 Å². The number of hydrogen-bond donors (Lipinski definition) is 2. The van der Waals surface area contributed by atoms with E-state index in [-0.39, 0.29) is 5.91 Å². The molecule has 6 heteroatoms. The van der Waals surface area contributed by atoms with Gasteiger partial charge in [0.1, 0.15) is 5.75 Å². The van der Waals surface area contributed by atoms with Crippen LogP contribution in [0.3, 0.4) is 0 Å². The van der Waals surface area contributed by atoms with E-state index in [0.717, 1.165) is 21.1 Å². The first-order valence-corrected chi connectivity index (χ1v) is 7.02. The summed E-state index contributed by atoms with van der Waals surface area (Å²) in [6.07, 6.45) is 0.441. The maximum absolute atomic E-state index is 11.1. The second-order valence-electron chi connectivity index (χ2n) is 3.93. The molecule has 2 aromatic rings. The van der Waals surface area contributed by atoms with Gasteiger partial charge < -0.3 is 15.4 Å². The highest BCUT2D eigenvalue weighted by molar-refractivity contribution is 7.22. The number of benzene rings is 1. The van der Waals surface area contributed by atoms with Crippen molar-refractivity contribution in [3.63, 3.8) is 0 Å². The smallest absolute Gasteiger partial charge is 0.221 e. The monoisotopic (exact) mass is 279 g/mol. The fraction of sp³-hybridized carbons (Fsp3) is 0.385. The van der Waals surface area contributed by atoms with Crippen LogP contribution in [-0.2, 0) is 4.79 Å². The molecule has 19 heavy (non-hydrogen) atoms. The van der Waals surface area contributed by atoms with Gasteiger partial charge >= 0.3 is 0 Å². The number of rotatable bonds is 6. The Morgan fingerprint density at radius 2 is 2.32 bits per heavy atom. The lowest BCUT2D eigenvalue weighted by Gasteiger charge is -2.00. The van der Waals surface area contributed by atoms with Gasteiger partial charge in [0.2, 0.25) is 5.91 Å². The number of nitrogens with zero attached hydrogens (tertiary/aromatic N) is 1. The van der Waals surface area contributed by atoms with Crippen molar-refractivity contribution in [3.05, 3.63) is 18.2 Å². The summed E-state index contributed by atoms with van der Waals surface area (Å²) < 4.78 is 6.53. The van der Waals surface area contributed by atoms with Crippen LogP contribution in [0.1, 0.15) is 13.3 Å². The zero-order valence-electron chi connectivity index (χ0n) is 11.0. The summed E-state index contributed by atoms with van der Waals surface area (Å²) in [4.78, 5) is 15.6. The number of carbonyl (C=O) groups is 1. The Balaban J connectivity index is 2.02. The summed E-state index contributed by atoms with van der Waals surface area (Å²) in [6.45, 7) is 3.20. The summed E-state index contributed by atoms with van der Waals surface area (Å²) in [7, 11) is 1.63. The number of ether oxygens (including phenoxy) is 1. The molecule has 0 radical (unpaired) electrons. The van der Waals surface area contributed by atoms with Gasteiger partial charge in [-0.2, -0.15) is 0 Å². The number of aromatic nitrogens is 1. The van der Waals surface area contributed by atoms with E-state index in [2.05, 4.69) is 15.6 Å². The van der Waals surface area contributed by atoms with E-state index in [1.54, 1.807) is 18.4 Å². The number of fused-ring (bicyclic) bond motifs is 1. The second-order valence-corrected chi connectivity index (χ2v) is 4.96. The Labute approximate surface area is 116 Å². The lowest BCUT2D eigenvalue weighted by Crippen LogP contribution is -2.20. The molecule has 0 atom stereocenters. The van der Waals surface area contributed by atoms with Gasteiger partial charge in [-0.1, -0.05) is 11.3 Å². The minimum Gasteiger partial charge on any atom is -0.494 e. The first-order valence-electron chi connectivity index (χ1n) is 6.20. The van der Waals surface area contributed by atoms with Crippen molar-refractivity contribution in [2.24, 2.45) is 0 Å². The van der Waals surface area contributed by atoms with Crippen molar-refractivity contribution in [1.29, 1.82) is 0 Å². The van der Waals surface area contributed by atoms with E-state index in [9.17, 15) is 4.79 Å². The molecule has 0 spiro atoms. The quantitative estimate of drug-likeness (QED) is 0.851. The molecule has 2 rings (SSSR count). The number of nitrogens with one attached hydrogen (secondary N) is 2. The van der Waals surface area contributed by atoms with Gasteiger partial charge in [-0.05, 0) is 25.1 Å². The Bertz CT molecular complexity index is 568. The second kappa shape index (κ2) is 6.38. The summed E-state index contributed by atoms with van der Waals surface area (Å²) in [6, 6.07) is 5.85. The SMILES string of the molecule is CCOc1ccc2nc(NCCC(=O)NC)sc2c1. The molecule has 1 aromatic carbocycles. The maximum atomic E-state index is 11.1. The van der Waals surface area contributed by atoms with Crippen molar-refractivity contribution in [2.75, 3.05) is 25.5 Å². The molecular formula is C13H17N3O2S. The fourth-order valence-corrected chi connectivity index (χ4v) is 2.56. The van der Waals surface area contributed by atoms with Gasteiger partial charge in [-0.3, -0.25) is 4.79 Å². The van der Waals surface area contributed by atoms with E-state index in [0.29, 0.717) is 19.6 Å². The number of anilines is 1. The summed E-state index contributed by atoms with van der Waals surface area (Å²) >= 11 is 1.56. The largest absolute Gasteiger partial charge is 0.494 e. The lowest BCUT2D eigenvalue weighted by atomic mass is 10.3. The molecule has 0 saturated carbocycles. The minimum atomic E-state index is 0.0206. The zero-order chi connectivity index (χ0) is 13.7. The van der Waals surface area contributed by atoms with Crippen LogP contribution >= 0.6 is 11.3 Å². The highest BCUT2D eigenvalue weighted by Crippen LogP contribution is 2.29. The number of carbonyl (C=O) groups excluding carboxylic acids is 1. The maximum Gasteiger partial charge on any atom is 0.221 e. The zero-order valence-corrected chi connectivity index (χ0v) is 11.8. The molecule has 0 fully saturated rings. The van der Waals surface area contributed by atoms with Crippen molar-refractivity contribution in [3.8, 4) is 5.75 Å². The van der Waals surface area contributed by atoms with E-state index < -0.39 is 0 Å². The minimum absolute atomic E-state index is 0.0206. The predicted octanol–water partition coefficient (Wildman–Crippen LogP) is 2.24. The molecule has 0 bridgehead atoms. The Morgan fingerprint density at radius 1 is 1.47 bits per heavy atom. The van der Waals surface area contributed by atoms with Gasteiger partial charge in [0, 0.05) is 20.0 Å². The molecule has 1 amide bonds. The standard InChI is InChI=1S/C13H17N3O2S/c1-3-18-9-4-5-10-11(8-9)19-13(16-10)15-7-6-12(17)14-2/h4-5,8H,3,6-7H2,1-2H3,(H,14,17)(H,15,16). The molecule has 0 aliphatic rings. The number of amides is 1. The van der Waals surface area contributed by atoms with Crippen LogP contribution in [0.4, 0.5) is 5.13 Å². The number of hydrogen-bond acceptors (Lipinski definition) is 5. The number of thiazole rings is 1. The third-order valence-electron chi connectivity index (χ3n) is 2.58. The van der Waals surface area contributed by atoms with Gasteiger partial charge in [-0.15, -0.1) is 0 Å². The average molecular weight is 279 g/mol. The fourth-order valence-electron chi connectivity index (χ4n) is 1.64. The van der Waals surface area contributed by atoms with Crippen molar-refractivity contribution < 1.29 is 9.53 Å². The molecule has 0 aliphatic carbocycles. The highest BCUT2D eigenvalue weighted by atomic mass is 32.1. The van der Waals surface area contributed by atoms with Crippen molar-refractivity contribution >= 4 is 32.6 Å². The van der Waals surface area contributed by atoms with Crippen LogP contribution in [0, 0.1) is 0 Å². The average Bonchev–Trinajstić information content (AvgIpc) is 2.80. The molecule has 1 aromatic heterocycles. The van der Waals surface area contributed by atoms with E-state index in [4.69, 9.17) is 4.74 Å². The lowest BCUT2D eigenvalue weighted by molar-refractivity contribution is -0.120. The van der Waals surface area contributed by atoms with Gasteiger partial charge in [0.05, 0.1) is 16.8 Å².